The van der Waals surface area contributed by atoms with E-state index in [0.717, 1.165) is 31.3 Å². The lowest BCUT2D eigenvalue weighted by atomic mass is 9.88. The van der Waals surface area contributed by atoms with Crippen LogP contribution < -0.4 is 15.8 Å². The molecule has 1 aromatic rings. The zero-order valence-corrected chi connectivity index (χ0v) is 9.72. The summed E-state index contributed by atoms with van der Waals surface area (Å²) in [5.41, 5.74) is 0.337. The molecule has 1 aliphatic rings. The second-order valence-corrected chi connectivity index (χ2v) is 4.00. The number of thiazole rings is 1. The smallest absolute Gasteiger partial charge is 0.422 e. The van der Waals surface area contributed by atoms with Crippen LogP contribution in [0.1, 0.15) is 0 Å². The first kappa shape index (κ1) is 12.7. The number of nitrogens with one attached hydrogen (secondary N) is 1. The van der Waals surface area contributed by atoms with Crippen LogP contribution in [0.25, 0.3) is 0 Å². The van der Waals surface area contributed by atoms with Crippen LogP contribution in [0.5, 0.6) is 0 Å². The van der Waals surface area contributed by atoms with Gasteiger partial charge in [0.25, 0.3) is 0 Å². The van der Waals surface area contributed by atoms with E-state index in [1.807, 2.05) is 0 Å². The summed E-state index contributed by atoms with van der Waals surface area (Å²) in [7, 11) is -1.46. The fourth-order valence-electron chi connectivity index (χ4n) is 1.40. The van der Waals surface area contributed by atoms with Crippen molar-refractivity contribution < 1.29 is 10.0 Å². The summed E-state index contributed by atoms with van der Waals surface area (Å²) in [6.07, 6.45) is 0. The minimum absolute atomic E-state index is 0. The molecule has 15 heavy (non-hydrogen) atoms. The fraction of sp³-hybridized carbons (Fsp3) is 0.571. The third-order valence-electron chi connectivity index (χ3n) is 2.16. The molecule has 0 aliphatic carbocycles. The van der Waals surface area contributed by atoms with Crippen molar-refractivity contribution in [1.29, 1.82) is 0 Å². The SMILES string of the molecule is Cl.OB(O)c1csc(N2CCNCC2)n1. The molecule has 0 amide bonds. The van der Waals surface area contributed by atoms with Crippen LogP contribution in [-0.4, -0.2) is 48.3 Å². The fourth-order valence-corrected chi connectivity index (χ4v) is 2.29. The lowest BCUT2D eigenvalue weighted by Gasteiger charge is -2.26. The van der Waals surface area contributed by atoms with Crippen molar-refractivity contribution in [3.63, 3.8) is 0 Å². The Bertz CT molecular complexity index is 306. The first-order valence-corrected chi connectivity index (χ1v) is 5.42. The highest BCUT2D eigenvalue weighted by Gasteiger charge is 2.19. The van der Waals surface area contributed by atoms with E-state index in [1.165, 1.54) is 11.3 Å². The second kappa shape index (κ2) is 5.67. The van der Waals surface area contributed by atoms with Crippen molar-refractivity contribution in [3.05, 3.63) is 5.38 Å². The van der Waals surface area contributed by atoms with Crippen LogP contribution in [0.2, 0.25) is 0 Å². The largest absolute Gasteiger partial charge is 0.509 e. The van der Waals surface area contributed by atoms with E-state index in [4.69, 9.17) is 10.0 Å². The number of piperazine rings is 1. The van der Waals surface area contributed by atoms with E-state index in [1.54, 1.807) is 5.38 Å². The number of nitrogens with zero attached hydrogens (tertiary/aromatic N) is 2. The molecule has 5 nitrogen and oxygen atoms in total. The summed E-state index contributed by atoms with van der Waals surface area (Å²) < 4.78 is 0. The minimum Gasteiger partial charge on any atom is -0.422 e. The Morgan fingerprint density at radius 2 is 2.07 bits per heavy atom. The van der Waals surface area contributed by atoms with Crippen LogP contribution in [0.4, 0.5) is 5.13 Å². The highest BCUT2D eigenvalue weighted by atomic mass is 35.5. The molecular weight excluding hydrogens is 236 g/mol. The van der Waals surface area contributed by atoms with Crippen molar-refractivity contribution in [2.45, 2.75) is 0 Å². The lowest BCUT2D eigenvalue weighted by molar-refractivity contribution is 0.424. The normalized spacial score (nSPS) is 16.0. The Morgan fingerprint density at radius 3 is 2.60 bits per heavy atom. The zero-order valence-electron chi connectivity index (χ0n) is 8.09. The Hall–Kier alpha value is -0.335. The van der Waals surface area contributed by atoms with E-state index in [9.17, 15) is 0 Å². The van der Waals surface area contributed by atoms with Gasteiger partial charge >= 0.3 is 7.12 Å². The van der Waals surface area contributed by atoms with Gasteiger partial charge in [0.05, 0.1) is 5.59 Å². The van der Waals surface area contributed by atoms with Crippen LogP contribution in [-0.2, 0) is 0 Å². The van der Waals surface area contributed by atoms with Gasteiger partial charge in [-0.05, 0) is 0 Å². The predicted molar refractivity (Wildman–Crippen MR) is 64.3 cm³/mol. The monoisotopic (exact) mass is 249 g/mol. The molecule has 84 valence electrons. The minimum atomic E-state index is -1.46. The Morgan fingerprint density at radius 1 is 1.40 bits per heavy atom. The van der Waals surface area contributed by atoms with Crippen molar-refractivity contribution in [1.82, 2.24) is 10.3 Å². The Kier molecular flexibility index (Phi) is 4.81. The van der Waals surface area contributed by atoms with Gasteiger partial charge in [-0.25, -0.2) is 4.98 Å². The van der Waals surface area contributed by atoms with Crippen molar-refractivity contribution >= 4 is 41.6 Å². The summed E-state index contributed by atoms with van der Waals surface area (Å²) in [6.45, 7) is 3.76. The average molecular weight is 250 g/mol. The molecule has 0 atom stereocenters. The van der Waals surface area contributed by atoms with Crippen molar-refractivity contribution in [2.24, 2.45) is 0 Å². The van der Waals surface area contributed by atoms with E-state index in [2.05, 4.69) is 15.2 Å². The molecule has 3 N–H and O–H groups in total. The molecule has 2 rings (SSSR count). The summed E-state index contributed by atoms with van der Waals surface area (Å²) in [5.74, 6) is 0. The number of anilines is 1. The van der Waals surface area contributed by atoms with E-state index in [0.29, 0.717) is 5.59 Å². The number of hydrogen-bond donors (Lipinski definition) is 3. The predicted octanol–water partition coefficient (Wildman–Crippen LogP) is -1.35. The molecule has 1 fully saturated rings. The molecule has 0 unspecified atom stereocenters. The summed E-state index contributed by atoms with van der Waals surface area (Å²) >= 11 is 1.45. The average Bonchev–Trinajstić information content (AvgIpc) is 2.68. The maximum Gasteiger partial charge on any atom is 0.509 e. The van der Waals surface area contributed by atoms with Gasteiger partial charge in [0.1, 0.15) is 0 Å². The molecule has 0 aromatic carbocycles. The molecule has 1 aliphatic heterocycles. The molecule has 0 radical (unpaired) electrons. The topological polar surface area (TPSA) is 68.6 Å². The van der Waals surface area contributed by atoms with Gasteiger partial charge in [-0.2, -0.15) is 0 Å². The summed E-state index contributed by atoms with van der Waals surface area (Å²) in [5, 5.41) is 23.6. The Labute approximate surface area is 98.7 Å². The van der Waals surface area contributed by atoms with Gasteiger partial charge in [0.2, 0.25) is 0 Å². The van der Waals surface area contributed by atoms with Crippen molar-refractivity contribution in [3.8, 4) is 0 Å². The maximum absolute atomic E-state index is 8.90. The molecular formula is C7H13BClN3O2S. The number of rotatable bonds is 2. The third-order valence-corrected chi connectivity index (χ3v) is 3.08. The van der Waals surface area contributed by atoms with Gasteiger partial charge in [-0.15, -0.1) is 23.7 Å². The summed E-state index contributed by atoms with van der Waals surface area (Å²) in [4.78, 5) is 6.30. The van der Waals surface area contributed by atoms with Crippen LogP contribution in [0.3, 0.4) is 0 Å². The molecule has 1 aromatic heterocycles. The van der Waals surface area contributed by atoms with Crippen molar-refractivity contribution in [2.75, 3.05) is 31.1 Å². The zero-order chi connectivity index (χ0) is 9.97. The van der Waals surface area contributed by atoms with Gasteiger partial charge < -0.3 is 20.3 Å². The number of halogens is 1. The molecule has 0 bridgehead atoms. The molecule has 0 saturated carbocycles. The number of hydrogen-bond acceptors (Lipinski definition) is 6. The highest BCUT2D eigenvalue weighted by molar-refractivity contribution is 7.14. The second-order valence-electron chi connectivity index (χ2n) is 3.17. The number of aromatic nitrogens is 1. The van der Waals surface area contributed by atoms with E-state index < -0.39 is 7.12 Å². The summed E-state index contributed by atoms with van der Waals surface area (Å²) in [6, 6.07) is 0. The van der Waals surface area contributed by atoms with Crippen LogP contribution >= 0.6 is 23.7 Å². The lowest BCUT2D eigenvalue weighted by Crippen LogP contribution is -2.44. The van der Waals surface area contributed by atoms with Gasteiger partial charge in [-0.3, -0.25) is 0 Å². The van der Waals surface area contributed by atoms with Crippen LogP contribution in [0, 0.1) is 0 Å². The molecule has 2 heterocycles. The third kappa shape index (κ3) is 3.06. The Balaban J connectivity index is 0.00000112. The highest BCUT2D eigenvalue weighted by Crippen LogP contribution is 2.16. The van der Waals surface area contributed by atoms with Gasteiger partial charge in [0, 0.05) is 31.6 Å². The quantitative estimate of drug-likeness (QED) is 0.566. The van der Waals surface area contributed by atoms with E-state index >= 15 is 0 Å². The molecule has 1 saturated heterocycles. The molecule has 0 spiro atoms. The maximum atomic E-state index is 8.90. The molecule has 8 heteroatoms. The van der Waals surface area contributed by atoms with Gasteiger partial charge in [-0.1, -0.05) is 0 Å². The van der Waals surface area contributed by atoms with Crippen LogP contribution in [0.15, 0.2) is 5.38 Å². The van der Waals surface area contributed by atoms with Gasteiger partial charge in [0.15, 0.2) is 5.13 Å². The first-order chi connectivity index (χ1) is 6.77. The first-order valence-electron chi connectivity index (χ1n) is 4.54. The standard InChI is InChI=1S/C7H12BN3O2S.ClH/c12-8(13)6-5-14-7(10-6)11-3-1-9-2-4-11;/h5,9,12-13H,1-4H2;1H. The van der Waals surface area contributed by atoms with E-state index in [-0.39, 0.29) is 12.4 Å².